The van der Waals surface area contributed by atoms with Crippen molar-refractivity contribution in [1.29, 1.82) is 0 Å². The van der Waals surface area contributed by atoms with Crippen LogP contribution in [0.25, 0.3) is 0 Å². The molecule has 0 aliphatic carbocycles. The van der Waals surface area contributed by atoms with E-state index in [1.165, 1.54) is 18.2 Å². The molecule has 8 heteroatoms. The number of hydrogen-bond acceptors (Lipinski definition) is 5. The number of aryl methyl sites for hydroxylation is 1. The second-order valence-electron chi connectivity index (χ2n) is 5.04. The molecule has 1 aromatic carbocycles. The number of carbonyl (C=O) groups is 3. The fourth-order valence-electron chi connectivity index (χ4n) is 2.31. The van der Waals surface area contributed by atoms with E-state index >= 15 is 0 Å². The van der Waals surface area contributed by atoms with E-state index in [0.717, 1.165) is 4.90 Å². The van der Waals surface area contributed by atoms with Gasteiger partial charge in [-0.05, 0) is 25.1 Å². The van der Waals surface area contributed by atoms with E-state index in [2.05, 4.69) is 15.5 Å². The number of nitrogens with one attached hydrogen (secondary N) is 2. The normalized spacial score (nSPS) is 13.2. The van der Waals surface area contributed by atoms with E-state index in [1.54, 1.807) is 19.1 Å². The van der Waals surface area contributed by atoms with Crippen LogP contribution in [0.1, 0.15) is 26.4 Å². The van der Waals surface area contributed by atoms with Crippen LogP contribution in [0.2, 0.25) is 0 Å². The highest BCUT2D eigenvalue weighted by molar-refractivity contribution is 6.22. The molecular formula is C15H12N4O4. The molecule has 116 valence electrons. The van der Waals surface area contributed by atoms with Crippen molar-refractivity contribution in [1.82, 2.24) is 15.1 Å². The summed E-state index contributed by atoms with van der Waals surface area (Å²) in [6.45, 7) is 1.18. The molecule has 3 rings (SSSR count). The summed E-state index contributed by atoms with van der Waals surface area (Å²) >= 11 is 0. The smallest absolute Gasteiger partial charge is 0.287 e. The molecule has 0 saturated carbocycles. The Morgan fingerprint density at radius 3 is 2.39 bits per heavy atom. The summed E-state index contributed by atoms with van der Waals surface area (Å²) in [6, 6.07) is 7.76. The highest BCUT2D eigenvalue weighted by Crippen LogP contribution is 2.22. The van der Waals surface area contributed by atoms with Crippen molar-refractivity contribution < 1.29 is 14.4 Å². The predicted octanol–water partition coefficient (Wildman–Crippen LogP) is 0.313. The van der Waals surface area contributed by atoms with E-state index in [9.17, 15) is 19.2 Å². The van der Waals surface area contributed by atoms with Crippen molar-refractivity contribution in [3.63, 3.8) is 0 Å². The van der Waals surface area contributed by atoms with Gasteiger partial charge in [0.1, 0.15) is 12.2 Å². The summed E-state index contributed by atoms with van der Waals surface area (Å²) < 4.78 is 0. The topological polar surface area (TPSA) is 112 Å². The van der Waals surface area contributed by atoms with E-state index in [4.69, 9.17) is 0 Å². The van der Waals surface area contributed by atoms with Crippen molar-refractivity contribution in [3.05, 3.63) is 57.5 Å². The SMILES string of the molecule is Cc1cc(NC(=O)CN2C(=O)c3ccccc3C2=O)c(=O)[nH]n1. The minimum absolute atomic E-state index is 0.0131. The number of hydrogen-bond donors (Lipinski definition) is 2. The first-order valence-corrected chi connectivity index (χ1v) is 6.79. The van der Waals surface area contributed by atoms with Crippen LogP contribution in [-0.4, -0.2) is 39.4 Å². The molecule has 2 aromatic rings. The Balaban J connectivity index is 1.77. The Kier molecular flexibility index (Phi) is 3.49. The van der Waals surface area contributed by atoms with Crippen LogP contribution >= 0.6 is 0 Å². The molecule has 1 aromatic heterocycles. The lowest BCUT2D eigenvalue weighted by Gasteiger charge is -2.13. The molecule has 1 aliphatic heterocycles. The summed E-state index contributed by atoms with van der Waals surface area (Å²) in [6.07, 6.45) is 0. The molecule has 0 spiro atoms. The van der Waals surface area contributed by atoms with Gasteiger partial charge in [0, 0.05) is 0 Å². The number of amides is 3. The monoisotopic (exact) mass is 312 g/mol. The summed E-state index contributed by atoms with van der Waals surface area (Å²) in [5, 5.41) is 8.30. The fraction of sp³-hybridized carbons (Fsp3) is 0.133. The van der Waals surface area contributed by atoms with Gasteiger partial charge in [0.2, 0.25) is 5.91 Å². The Morgan fingerprint density at radius 1 is 1.17 bits per heavy atom. The molecule has 2 heterocycles. The molecule has 0 saturated heterocycles. The Hall–Kier alpha value is -3.29. The molecule has 0 radical (unpaired) electrons. The van der Waals surface area contributed by atoms with Gasteiger partial charge >= 0.3 is 0 Å². The number of anilines is 1. The molecule has 0 fully saturated rings. The second-order valence-corrected chi connectivity index (χ2v) is 5.04. The summed E-state index contributed by atoms with van der Waals surface area (Å²) in [5.74, 6) is -1.70. The number of fused-ring (bicyclic) bond motifs is 1. The average molecular weight is 312 g/mol. The maximum absolute atomic E-state index is 12.2. The Bertz CT molecular complexity index is 852. The van der Waals surface area contributed by atoms with Crippen LogP contribution in [0.3, 0.4) is 0 Å². The lowest BCUT2D eigenvalue weighted by Crippen LogP contribution is -2.38. The van der Waals surface area contributed by atoms with Gasteiger partial charge < -0.3 is 5.32 Å². The minimum Gasteiger partial charge on any atom is -0.320 e. The van der Waals surface area contributed by atoms with Crippen LogP contribution in [0, 0.1) is 6.92 Å². The van der Waals surface area contributed by atoms with Crippen LogP contribution < -0.4 is 10.9 Å². The second kappa shape index (κ2) is 5.48. The number of carbonyl (C=O) groups excluding carboxylic acids is 3. The highest BCUT2D eigenvalue weighted by atomic mass is 16.2. The number of imide groups is 1. The minimum atomic E-state index is -0.643. The van der Waals surface area contributed by atoms with Crippen LogP contribution in [0.4, 0.5) is 5.69 Å². The first kappa shape index (κ1) is 14.6. The third-order valence-electron chi connectivity index (χ3n) is 3.39. The molecular weight excluding hydrogens is 300 g/mol. The Labute approximate surface area is 130 Å². The van der Waals surface area contributed by atoms with Crippen LogP contribution in [0.5, 0.6) is 0 Å². The molecule has 0 bridgehead atoms. The van der Waals surface area contributed by atoms with Gasteiger partial charge in [-0.2, -0.15) is 5.10 Å². The van der Waals surface area contributed by atoms with Crippen molar-refractivity contribution in [2.45, 2.75) is 6.92 Å². The summed E-state index contributed by atoms with van der Waals surface area (Å²) in [5.41, 5.74) is 0.497. The summed E-state index contributed by atoms with van der Waals surface area (Å²) in [4.78, 5) is 48.8. The quantitative estimate of drug-likeness (QED) is 0.792. The van der Waals surface area contributed by atoms with Gasteiger partial charge in [0.15, 0.2) is 0 Å². The van der Waals surface area contributed by atoms with E-state index in [-0.39, 0.29) is 16.8 Å². The third kappa shape index (κ3) is 2.61. The van der Waals surface area contributed by atoms with Gasteiger partial charge in [-0.1, -0.05) is 12.1 Å². The van der Waals surface area contributed by atoms with Crippen molar-refractivity contribution in [2.75, 3.05) is 11.9 Å². The molecule has 0 atom stereocenters. The lowest BCUT2D eigenvalue weighted by atomic mass is 10.1. The fourth-order valence-corrected chi connectivity index (χ4v) is 2.31. The van der Waals surface area contributed by atoms with E-state index in [1.807, 2.05) is 0 Å². The largest absolute Gasteiger partial charge is 0.320 e. The number of nitrogens with zero attached hydrogens (tertiary/aromatic N) is 2. The zero-order chi connectivity index (χ0) is 16.6. The van der Waals surface area contributed by atoms with Crippen molar-refractivity contribution in [3.8, 4) is 0 Å². The van der Waals surface area contributed by atoms with Crippen molar-refractivity contribution in [2.24, 2.45) is 0 Å². The third-order valence-corrected chi connectivity index (χ3v) is 3.39. The highest BCUT2D eigenvalue weighted by Gasteiger charge is 2.36. The number of rotatable bonds is 3. The maximum Gasteiger partial charge on any atom is 0.287 e. The number of benzene rings is 1. The zero-order valence-corrected chi connectivity index (χ0v) is 12.1. The first-order valence-electron chi connectivity index (χ1n) is 6.79. The standard InChI is InChI=1S/C15H12N4O4/c1-8-6-11(13(21)18-17-8)16-12(20)7-19-14(22)9-4-2-3-5-10(9)15(19)23/h2-6H,7H2,1H3,(H,18,21)(H,16,17,20). The molecule has 23 heavy (non-hydrogen) atoms. The molecule has 3 amide bonds. The molecule has 1 aliphatic rings. The number of aromatic amines is 1. The van der Waals surface area contributed by atoms with Crippen molar-refractivity contribution >= 4 is 23.4 Å². The molecule has 8 nitrogen and oxygen atoms in total. The number of H-pyrrole nitrogens is 1. The average Bonchev–Trinajstić information content (AvgIpc) is 2.76. The van der Waals surface area contributed by atoms with Crippen LogP contribution in [-0.2, 0) is 4.79 Å². The van der Waals surface area contributed by atoms with E-state index in [0.29, 0.717) is 5.69 Å². The zero-order valence-electron chi connectivity index (χ0n) is 12.1. The van der Waals surface area contributed by atoms with E-state index < -0.39 is 29.8 Å². The van der Waals surface area contributed by atoms with Gasteiger partial charge in [0.05, 0.1) is 16.8 Å². The van der Waals surface area contributed by atoms with Crippen LogP contribution in [0.15, 0.2) is 35.1 Å². The van der Waals surface area contributed by atoms with Gasteiger partial charge in [-0.25, -0.2) is 5.10 Å². The maximum atomic E-state index is 12.2. The van der Waals surface area contributed by atoms with Gasteiger partial charge in [-0.3, -0.25) is 24.1 Å². The molecule has 2 N–H and O–H groups in total. The predicted molar refractivity (Wildman–Crippen MR) is 80.0 cm³/mol. The Morgan fingerprint density at radius 2 is 1.78 bits per heavy atom. The first-order chi connectivity index (χ1) is 11.0. The van der Waals surface area contributed by atoms with Gasteiger partial charge in [-0.15, -0.1) is 0 Å². The van der Waals surface area contributed by atoms with Gasteiger partial charge in [0.25, 0.3) is 17.4 Å². The summed E-state index contributed by atoms with van der Waals surface area (Å²) in [7, 11) is 0. The lowest BCUT2D eigenvalue weighted by molar-refractivity contribution is -0.116. The number of aromatic nitrogens is 2. The molecule has 0 unspecified atom stereocenters.